The average molecular weight is 458 g/mol. The minimum absolute atomic E-state index is 0.0430. The first kappa shape index (κ1) is 22.6. The van der Waals surface area contributed by atoms with Crippen LogP contribution < -0.4 is 4.74 Å². The summed E-state index contributed by atoms with van der Waals surface area (Å²) < 4.78 is 11.6. The molecular formula is C29H31NO4. The molecule has 1 aliphatic heterocycles. The van der Waals surface area contributed by atoms with Gasteiger partial charge < -0.3 is 9.47 Å². The SMILES string of the molecule is COc1ccccc1C1C2=C(CC(c3ccccc3)CC2=O)N=C(C)C1C(=O)OC1CCCC1. The quantitative estimate of drug-likeness (QED) is 0.536. The van der Waals surface area contributed by atoms with Crippen LogP contribution in [0, 0.1) is 5.92 Å². The molecule has 0 saturated heterocycles. The van der Waals surface area contributed by atoms with Gasteiger partial charge in [-0.3, -0.25) is 14.6 Å². The molecule has 1 saturated carbocycles. The van der Waals surface area contributed by atoms with Crippen molar-refractivity contribution >= 4 is 17.5 Å². The highest BCUT2D eigenvalue weighted by molar-refractivity contribution is 6.09. The van der Waals surface area contributed by atoms with Gasteiger partial charge in [-0.05, 0) is 56.6 Å². The molecule has 2 aliphatic carbocycles. The van der Waals surface area contributed by atoms with Gasteiger partial charge in [0, 0.05) is 34.9 Å². The van der Waals surface area contributed by atoms with Gasteiger partial charge in [0.25, 0.3) is 0 Å². The van der Waals surface area contributed by atoms with Gasteiger partial charge in [0.2, 0.25) is 0 Å². The summed E-state index contributed by atoms with van der Waals surface area (Å²) in [5.41, 5.74) is 4.14. The van der Waals surface area contributed by atoms with E-state index in [0.29, 0.717) is 29.9 Å². The summed E-state index contributed by atoms with van der Waals surface area (Å²) in [6.45, 7) is 1.89. The number of ether oxygens (including phenoxy) is 2. The lowest BCUT2D eigenvalue weighted by Gasteiger charge is -2.37. The smallest absolute Gasteiger partial charge is 0.315 e. The second-order valence-corrected chi connectivity index (χ2v) is 9.59. The molecule has 5 heteroatoms. The maximum atomic E-state index is 13.7. The number of Topliss-reactive ketones (excluding diaryl/α,β-unsaturated/α-hetero) is 1. The standard InChI is InChI=1S/C29H31NO4/c1-18-26(29(32)34-21-12-6-7-13-21)27(22-14-8-9-15-25(22)33-2)28-23(30-18)16-20(17-24(28)31)19-10-4-3-5-11-19/h3-5,8-11,14-15,20-21,26-27H,6-7,12-13,16-17H2,1-2H3. The summed E-state index contributed by atoms with van der Waals surface area (Å²) in [4.78, 5) is 32.1. The zero-order valence-electron chi connectivity index (χ0n) is 19.8. The van der Waals surface area contributed by atoms with E-state index in [9.17, 15) is 9.59 Å². The first-order valence-corrected chi connectivity index (χ1v) is 12.3. The second kappa shape index (κ2) is 9.57. The van der Waals surface area contributed by atoms with Crippen LogP contribution in [-0.2, 0) is 14.3 Å². The summed E-state index contributed by atoms with van der Waals surface area (Å²) in [5.74, 6) is -0.556. The molecular weight excluding hydrogens is 426 g/mol. The number of carbonyl (C=O) groups is 2. The molecule has 34 heavy (non-hydrogen) atoms. The Bertz CT molecular complexity index is 1140. The predicted octanol–water partition coefficient (Wildman–Crippen LogP) is 5.76. The van der Waals surface area contributed by atoms with Gasteiger partial charge in [0.15, 0.2) is 5.78 Å². The molecule has 0 bridgehead atoms. The van der Waals surface area contributed by atoms with Gasteiger partial charge in [-0.1, -0.05) is 48.5 Å². The zero-order chi connectivity index (χ0) is 23.7. The van der Waals surface area contributed by atoms with Gasteiger partial charge in [-0.25, -0.2) is 0 Å². The number of benzene rings is 2. The molecule has 0 amide bonds. The minimum Gasteiger partial charge on any atom is -0.496 e. The van der Waals surface area contributed by atoms with E-state index in [1.807, 2.05) is 49.4 Å². The highest BCUT2D eigenvalue weighted by Gasteiger charge is 2.46. The topological polar surface area (TPSA) is 65.0 Å². The fraction of sp³-hybridized carbons (Fsp3) is 0.414. The second-order valence-electron chi connectivity index (χ2n) is 9.59. The van der Waals surface area contributed by atoms with Crippen molar-refractivity contribution in [2.75, 3.05) is 7.11 Å². The zero-order valence-corrected chi connectivity index (χ0v) is 19.8. The van der Waals surface area contributed by atoms with Gasteiger partial charge in [-0.15, -0.1) is 0 Å². The van der Waals surface area contributed by atoms with Crippen molar-refractivity contribution in [2.24, 2.45) is 10.9 Å². The summed E-state index contributed by atoms with van der Waals surface area (Å²) in [6, 6.07) is 17.8. The molecule has 5 nitrogen and oxygen atoms in total. The van der Waals surface area contributed by atoms with E-state index in [1.165, 1.54) is 0 Å². The molecule has 1 fully saturated rings. The minimum atomic E-state index is -0.632. The summed E-state index contributed by atoms with van der Waals surface area (Å²) in [5, 5.41) is 0. The number of aliphatic imine (C=N–C) groups is 1. The molecule has 2 aromatic rings. The Hall–Kier alpha value is -3.21. The first-order chi connectivity index (χ1) is 16.6. The molecule has 176 valence electrons. The number of hydrogen-bond acceptors (Lipinski definition) is 5. The number of rotatable bonds is 5. The highest BCUT2D eigenvalue weighted by Crippen LogP contribution is 2.48. The Balaban J connectivity index is 1.57. The van der Waals surface area contributed by atoms with Crippen LogP contribution in [0.4, 0.5) is 0 Å². The Morgan fingerprint density at radius 3 is 2.41 bits per heavy atom. The van der Waals surface area contributed by atoms with Gasteiger partial charge >= 0.3 is 5.97 Å². The van der Waals surface area contributed by atoms with Crippen LogP contribution in [0.2, 0.25) is 0 Å². The number of allylic oxidation sites excluding steroid dienone is 2. The Morgan fingerprint density at radius 2 is 1.68 bits per heavy atom. The van der Waals surface area contributed by atoms with Crippen LogP contribution in [0.3, 0.4) is 0 Å². The number of carbonyl (C=O) groups excluding carboxylic acids is 2. The van der Waals surface area contributed by atoms with Crippen molar-refractivity contribution in [2.45, 2.75) is 63.4 Å². The van der Waals surface area contributed by atoms with Gasteiger partial charge in [0.1, 0.15) is 17.8 Å². The molecule has 0 radical (unpaired) electrons. The molecule has 1 heterocycles. The lowest BCUT2D eigenvalue weighted by Crippen LogP contribution is -2.39. The van der Waals surface area contributed by atoms with Gasteiger partial charge in [-0.2, -0.15) is 0 Å². The Kier molecular flexibility index (Phi) is 6.36. The third-order valence-corrected chi connectivity index (χ3v) is 7.47. The average Bonchev–Trinajstić information content (AvgIpc) is 3.36. The summed E-state index contributed by atoms with van der Waals surface area (Å²) in [7, 11) is 1.62. The number of hydrogen-bond donors (Lipinski definition) is 0. The van der Waals surface area contributed by atoms with Crippen LogP contribution in [-0.4, -0.2) is 30.7 Å². The molecule has 3 atom stereocenters. The van der Waals surface area contributed by atoms with Crippen LogP contribution in [0.5, 0.6) is 5.75 Å². The summed E-state index contributed by atoms with van der Waals surface area (Å²) in [6.07, 6.45) is 5.02. The summed E-state index contributed by atoms with van der Waals surface area (Å²) >= 11 is 0. The first-order valence-electron chi connectivity index (χ1n) is 12.3. The fourth-order valence-corrected chi connectivity index (χ4v) is 5.83. The molecule has 2 aromatic carbocycles. The van der Waals surface area contributed by atoms with Crippen molar-refractivity contribution in [3.63, 3.8) is 0 Å². The van der Waals surface area contributed by atoms with E-state index in [2.05, 4.69) is 12.1 Å². The molecule has 0 N–H and O–H groups in total. The monoisotopic (exact) mass is 457 g/mol. The third kappa shape index (κ3) is 4.20. The molecule has 3 unspecified atom stereocenters. The fourth-order valence-electron chi connectivity index (χ4n) is 5.83. The van der Waals surface area contributed by atoms with Crippen LogP contribution in [0.15, 0.2) is 70.9 Å². The van der Waals surface area contributed by atoms with Crippen LogP contribution in [0.1, 0.15) is 68.4 Å². The van der Waals surface area contributed by atoms with Crippen molar-refractivity contribution < 1.29 is 19.1 Å². The van der Waals surface area contributed by atoms with E-state index in [1.54, 1.807) is 7.11 Å². The highest BCUT2D eigenvalue weighted by atomic mass is 16.5. The number of esters is 1. The molecule has 0 aromatic heterocycles. The number of nitrogens with zero attached hydrogens (tertiary/aromatic N) is 1. The van der Waals surface area contributed by atoms with E-state index < -0.39 is 11.8 Å². The maximum Gasteiger partial charge on any atom is 0.315 e. The van der Waals surface area contributed by atoms with Crippen molar-refractivity contribution in [1.29, 1.82) is 0 Å². The largest absolute Gasteiger partial charge is 0.496 e. The lowest BCUT2D eigenvalue weighted by atomic mass is 9.69. The Morgan fingerprint density at radius 1 is 0.971 bits per heavy atom. The molecule has 5 rings (SSSR count). The van der Waals surface area contributed by atoms with E-state index in [-0.39, 0.29) is 23.8 Å². The van der Waals surface area contributed by atoms with Crippen molar-refractivity contribution in [3.05, 3.63) is 77.0 Å². The van der Waals surface area contributed by atoms with Crippen LogP contribution in [0.25, 0.3) is 0 Å². The third-order valence-electron chi connectivity index (χ3n) is 7.47. The van der Waals surface area contributed by atoms with Gasteiger partial charge in [0.05, 0.1) is 7.11 Å². The van der Waals surface area contributed by atoms with E-state index in [4.69, 9.17) is 14.5 Å². The number of para-hydroxylation sites is 1. The maximum absolute atomic E-state index is 13.7. The molecule has 3 aliphatic rings. The van der Waals surface area contributed by atoms with Crippen LogP contribution >= 0.6 is 0 Å². The van der Waals surface area contributed by atoms with Crippen molar-refractivity contribution in [1.82, 2.24) is 0 Å². The molecule has 0 spiro atoms. The van der Waals surface area contributed by atoms with Crippen molar-refractivity contribution in [3.8, 4) is 5.75 Å². The lowest BCUT2D eigenvalue weighted by molar-refractivity contribution is -0.151. The number of ketones is 1. The number of methoxy groups -OCH3 is 1. The van der Waals surface area contributed by atoms with E-state index >= 15 is 0 Å². The predicted molar refractivity (Wildman–Crippen MR) is 131 cm³/mol. The van der Waals surface area contributed by atoms with E-state index in [0.717, 1.165) is 42.5 Å². The Labute approximate surface area is 200 Å². The normalized spacial score (nSPS) is 25.1.